The Bertz CT molecular complexity index is 1370. The number of aromatic nitrogens is 4. The molecule has 0 saturated heterocycles. The second-order valence-corrected chi connectivity index (χ2v) is 8.91. The molecule has 1 atom stereocenters. The Morgan fingerprint density at radius 3 is 2.62 bits per heavy atom. The van der Waals surface area contributed by atoms with E-state index in [1.165, 1.54) is 12.1 Å². The van der Waals surface area contributed by atoms with Crippen molar-refractivity contribution in [3.8, 4) is 17.2 Å². The van der Waals surface area contributed by atoms with Gasteiger partial charge in [-0.3, -0.25) is 9.69 Å². The first kappa shape index (κ1) is 26.3. The predicted octanol–water partition coefficient (Wildman–Crippen LogP) is 5.44. The summed E-state index contributed by atoms with van der Waals surface area (Å²) in [5.74, 6) is 0.176. The third-order valence-electron chi connectivity index (χ3n) is 5.43. The van der Waals surface area contributed by atoms with E-state index in [9.17, 15) is 9.18 Å². The van der Waals surface area contributed by atoms with Crippen LogP contribution >= 0.6 is 23.2 Å². The molecule has 0 fully saturated rings. The van der Waals surface area contributed by atoms with Gasteiger partial charge in [0.05, 0.1) is 11.6 Å². The first-order valence-electron chi connectivity index (χ1n) is 11.1. The Morgan fingerprint density at radius 2 is 1.89 bits per heavy atom. The van der Waals surface area contributed by atoms with Crippen molar-refractivity contribution in [2.75, 3.05) is 25.5 Å². The number of aromatic amines is 1. The molecule has 0 aliphatic heterocycles. The molecule has 37 heavy (non-hydrogen) atoms. The van der Waals surface area contributed by atoms with Crippen molar-refractivity contribution in [1.82, 2.24) is 25.5 Å². The van der Waals surface area contributed by atoms with Gasteiger partial charge in [-0.05, 0) is 49.9 Å². The van der Waals surface area contributed by atoms with Gasteiger partial charge in [0.15, 0.2) is 17.4 Å². The van der Waals surface area contributed by atoms with Gasteiger partial charge < -0.3 is 14.8 Å². The molecule has 1 amide bonds. The summed E-state index contributed by atoms with van der Waals surface area (Å²) in [5, 5.41) is 17.3. The second-order valence-electron chi connectivity index (χ2n) is 8.12. The van der Waals surface area contributed by atoms with Crippen molar-refractivity contribution in [2.45, 2.75) is 13.0 Å². The molecule has 0 radical (unpaired) electrons. The van der Waals surface area contributed by atoms with Crippen molar-refractivity contribution in [2.24, 2.45) is 0 Å². The van der Waals surface area contributed by atoms with Crippen molar-refractivity contribution in [3.05, 3.63) is 87.9 Å². The number of likely N-dealkylation sites (N-methyl/N-ethyl adjacent to an activating group) is 1. The van der Waals surface area contributed by atoms with Crippen LogP contribution in [0.4, 0.5) is 10.1 Å². The maximum Gasteiger partial charge on any atom is 0.238 e. The minimum absolute atomic E-state index is 0.0473. The normalized spacial score (nSPS) is 11.8. The van der Waals surface area contributed by atoms with Crippen LogP contribution in [-0.4, -0.2) is 51.6 Å². The molecule has 4 rings (SSSR count). The number of para-hydroxylation sites is 1. The minimum Gasteiger partial charge on any atom is -0.491 e. The maximum atomic E-state index is 14.7. The number of anilines is 1. The Labute approximate surface area is 222 Å². The van der Waals surface area contributed by atoms with Gasteiger partial charge in [0.1, 0.15) is 29.2 Å². The van der Waals surface area contributed by atoms with Crippen LogP contribution in [0.15, 0.2) is 60.7 Å². The summed E-state index contributed by atoms with van der Waals surface area (Å²) < 4.78 is 26.2. The fourth-order valence-corrected chi connectivity index (χ4v) is 3.81. The number of H-pyrrole nitrogens is 1. The van der Waals surface area contributed by atoms with Crippen molar-refractivity contribution >= 4 is 34.8 Å². The van der Waals surface area contributed by atoms with Gasteiger partial charge in [-0.25, -0.2) is 4.39 Å². The fraction of sp³-hybridized carbons (Fsp3) is 0.200. The Hall–Kier alpha value is -3.73. The first-order valence-corrected chi connectivity index (χ1v) is 11.9. The highest BCUT2D eigenvalue weighted by Gasteiger charge is 2.24. The van der Waals surface area contributed by atoms with Gasteiger partial charge in [-0.1, -0.05) is 52.7 Å². The average molecular weight is 545 g/mol. The number of carbonyl (C=O) groups excluding carboxylic acids is 1. The van der Waals surface area contributed by atoms with E-state index in [-0.39, 0.29) is 46.3 Å². The van der Waals surface area contributed by atoms with Crippen LogP contribution in [0.1, 0.15) is 17.4 Å². The molecule has 1 aromatic heterocycles. The third-order valence-corrected chi connectivity index (χ3v) is 6.23. The maximum absolute atomic E-state index is 14.7. The molecule has 0 bridgehead atoms. The summed E-state index contributed by atoms with van der Waals surface area (Å²) in [6.07, 6.45) is 0. The molecule has 0 aliphatic carbocycles. The number of hydrogen-bond donors (Lipinski definition) is 2. The molecule has 0 aliphatic rings. The number of nitrogens with one attached hydrogen (secondary N) is 2. The van der Waals surface area contributed by atoms with Crippen LogP contribution in [0.25, 0.3) is 0 Å². The Kier molecular flexibility index (Phi) is 8.54. The minimum atomic E-state index is -0.682. The van der Waals surface area contributed by atoms with E-state index in [1.807, 2.05) is 31.2 Å². The zero-order valence-electron chi connectivity index (χ0n) is 19.9. The number of halogens is 3. The van der Waals surface area contributed by atoms with E-state index < -0.39 is 11.9 Å². The average Bonchev–Trinajstić information content (AvgIpc) is 3.39. The lowest BCUT2D eigenvalue weighted by atomic mass is 10.2. The number of rotatable bonds is 10. The quantitative estimate of drug-likeness (QED) is 0.274. The lowest BCUT2D eigenvalue weighted by Gasteiger charge is -2.25. The lowest BCUT2D eigenvalue weighted by Crippen LogP contribution is -2.36. The summed E-state index contributed by atoms with van der Waals surface area (Å²) in [6.45, 7) is 2.07. The van der Waals surface area contributed by atoms with Crippen LogP contribution in [0, 0.1) is 12.7 Å². The number of hydrogen-bond acceptors (Lipinski definition) is 7. The molecule has 4 aromatic rings. The molecular weight excluding hydrogens is 522 g/mol. The summed E-state index contributed by atoms with van der Waals surface area (Å²) in [4.78, 5) is 14.5. The summed E-state index contributed by atoms with van der Waals surface area (Å²) in [6, 6.07) is 16.0. The van der Waals surface area contributed by atoms with Crippen LogP contribution in [-0.2, 0) is 4.79 Å². The molecule has 3 aromatic carbocycles. The number of ether oxygens (including phenoxy) is 2. The standard InChI is InChI=1S/C25H23Cl2FN6O3/c1-15-6-3-4-8-20(15)36-14-19(25-30-32-33-31-25)34(2)13-23(35)29-16-10-11-21(18(28)12-16)37-22-9-5-7-17(26)24(22)27/h3-12,19H,13-14H2,1-2H3,(H,29,35)(H,30,31,32,33). The molecule has 0 spiro atoms. The topological polar surface area (TPSA) is 105 Å². The largest absolute Gasteiger partial charge is 0.491 e. The molecule has 0 saturated carbocycles. The number of benzene rings is 3. The molecule has 192 valence electrons. The third kappa shape index (κ3) is 6.73. The summed E-state index contributed by atoms with van der Waals surface area (Å²) >= 11 is 12.1. The highest BCUT2D eigenvalue weighted by atomic mass is 35.5. The highest BCUT2D eigenvalue weighted by Crippen LogP contribution is 2.36. The SMILES string of the molecule is Cc1ccccc1OCC(c1nn[nH]n1)N(C)CC(=O)Nc1ccc(Oc2cccc(Cl)c2Cl)c(F)c1. The van der Waals surface area contributed by atoms with Crippen LogP contribution < -0.4 is 14.8 Å². The zero-order valence-corrected chi connectivity index (χ0v) is 21.4. The van der Waals surface area contributed by atoms with Gasteiger partial charge in [-0.15, -0.1) is 10.2 Å². The molecule has 1 heterocycles. The van der Waals surface area contributed by atoms with Crippen molar-refractivity contribution < 1.29 is 18.7 Å². The highest BCUT2D eigenvalue weighted by molar-refractivity contribution is 6.42. The summed E-state index contributed by atoms with van der Waals surface area (Å²) in [7, 11) is 1.73. The number of nitrogens with zero attached hydrogens (tertiary/aromatic N) is 4. The molecule has 2 N–H and O–H groups in total. The number of tetrazole rings is 1. The van der Waals surface area contributed by atoms with Crippen LogP contribution in [0.2, 0.25) is 10.0 Å². The van der Waals surface area contributed by atoms with Crippen molar-refractivity contribution in [1.29, 1.82) is 0 Å². The number of carbonyl (C=O) groups is 1. The Balaban J connectivity index is 1.39. The van der Waals surface area contributed by atoms with Gasteiger partial charge in [0.2, 0.25) is 5.91 Å². The molecule has 9 nitrogen and oxygen atoms in total. The predicted molar refractivity (Wildman–Crippen MR) is 138 cm³/mol. The van der Waals surface area contributed by atoms with Crippen molar-refractivity contribution in [3.63, 3.8) is 0 Å². The molecule has 1 unspecified atom stereocenters. The van der Waals surface area contributed by atoms with E-state index in [2.05, 4.69) is 25.9 Å². The van der Waals surface area contributed by atoms with E-state index in [4.69, 9.17) is 32.7 Å². The van der Waals surface area contributed by atoms with Gasteiger partial charge in [0.25, 0.3) is 0 Å². The van der Waals surface area contributed by atoms with Crippen LogP contribution in [0.3, 0.4) is 0 Å². The number of amides is 1. The zero-order chi connectivity index (χ0) is 26.4. The molecular formula is C25H23Cl2FN6O3. The van der Waals surface area contributed by atoms with Gasteiger partial charge >= 0.3 is 0 Å². The molecule has 12 heteroatoms. The number of aryl methyl sites for hydroxylation is 1. The second kappa shape index (κ2) is 12.0. The Morgan fingerprint density at radius 1 is 1.11 bits per heavy atom. The first-order chi connectivity index (χ1) is 17.8. The van der Waals surface area contributed by atoms with Crippen LogP contribution in [0.5, 0.6) is 17.2 Å². The van der Waals surface area contributed by atoms with E-state index in [1.54, 1.807) is 30.1 Å². The fourth-order valence-electron chi connectivity index (χ4n) is 3.48. The van der Waals surface area contributed by atoms with E-state index in [0.29, 0.717) is 11.6 Å². The van der Waals surface area contributed by atoms with Gasteiger partial charge in [-0.2, -0.15) is 5.21 Å². The van der Waals surface area contributed by atoms with E-state index >= 15 is 0 Å². The summed E-state index contributed by atoms with van der Waals surface area (Å²) in [5.41, 5.74) is 1.23. The lowest BCUT2D eigenvalue weighted by molar-refractivity contribution is -0.117. The van der Waals surface area contributed by atoms with E-state index in [0.717, 1.165) is 11.6 Å². The monoisotopic (exact) mass is 544 g/mol. The smallest absolute Gasteiger partial charge is 0.238 e. The van der Waals surface area contributed by atoms with Gasteiger partial charge in [0, 0.05) is 11.8 Å².